The van der Waals surface area contributed by atoms with Gasteiger partial charge in [0.1, 0.15) is 0 Å². The smallest absolute Gasteiger partial charge is 0.416 e. The maximum absolute atomic E-state index is 12.5. The molecule has 0 atom stereocenters. The second-order valence-electron chi connectivity index (χ2n) is 2.84. The molecular weight excluding hydrogens is 211 g/mol. The van der Waals surface area contributed by atoms with Crippen molar-refractivity contribution in [3.63, 3.8) is 0 Å². The van der Waals surface area contributed by atoms with Gasteiger partial charge in [-0.1, -0.05) is 6.92 Å². The summed E-state index contributed by atoms with van der Waals surface area (Å²) in [6, 6.07) is 0.783. The normalized spacial score (nSPS) is 11.5. The molecule has 0 saturated heterocycles. The lowest BCUT2D eigenvalue weighted by atomic mass is 10.0. The van der Waals surface area contributed by atoms with Crippen LogP contribution in [0, 0.1) is 0 Å². The van der Waals surface area contributed by atoms with Gasteiger partial charge in [-0.25, -0.2) is 9.78 Å². The highest BCUT2D eigenvalue weighted by Gasteiger charge is 2.34. The molecule has 0 radical (unpaired) electrons. The maximum atomic E-state index is 12.5. The van der Waals surface area contributed by atoms with Crippen molar-refractivity contribution in [2.75, 3.05) is 0 Å². The summed E-state index contributed by atoms with van der Waals surface area (Å²) in [5, 5.41) is 8.66. The summed E-state index contributed by atoms with van der Waals surface area (Å²) in [5.74, 6) is -1.45. The van der Waals surface area contributed by atoms with Gasteiger partial charge < -0.3 is 5.11 Å². The van der Waals surface area contributed by atoms with Gasteiger partial charge in [-0.05, 0) is 18.1 Å². The van der Waals surface area contributed by atoms with Gasteiger partial charge in [-0.3, -0.25) is 0 Å². The van der Waals surface area contributed by atoms with E-state index in [1.54, 1.807) is 0 Å². The molecule has 1 heterocycles. The summed E-state index contributed by atoms with van der Waals surface area (Å²) in [6.45, 7) is 1.46. The molecule has 0 saturated carbocycles. The van der Waals surface area contributed by atoms with Crippen LogP contribution in [0.2, 0.25) is 0 Å². The lowest BCUT2D eigenvalue weighted by Crippen LogP contribution is -2.14. The Morgan fingerprint density at radius 3 is 2.53 bits per heavy atom. The number of halogens is 3. The number of carboxylic acid groups (broad SMARTS) is 1. The average Bonchev–Trinajstić information content (AvgIpc) is 2.15. The third-order valence-electron chi connectivity index (χ3n) is 1.92. The number of hydrogen-bond acceptors (Lipinski definition) is 2. The van der Waals surface area contributed by atoms with E-state index in [-0.39, 0.29) is 12.0 Å². The van der Waals surface area contributed by atoms with Gasteiger partial charge in [0.15, 0.2) is 5.69 Å². The Labute approximate surface area is 83.6 Å². The van der Waals surface area contributed by atoms with Gasteiger partial charge >= 0.3 is 12.1 Å². The molecule has 0 aliphatic heterocycles. The predicted molar refractivity (Wildman–Crippen MR) is 45.6 cm³/mol. The van der Waals surface area contributed by atoms with Crippen molar-refractivity contribution in [3.05, 3.63) is 29.1 Å². The summed E-state index contributed by atoms with van der Waals surface area (Å²) in [5.41, 5.74) is -1.75. The third kappa shape index (κ3) is 2.26. The molecule has 0 bridgehead atoms. The van der Waals surface area contributed by atoms with E-state index in [0.717, 1.165) is 12.3 Å². The first-order valence-corrected chi connectivity index (χ1v) is 4.16. The Kier molecular flexibility index (Phi) is 2.97. The highest BCUT2D eigenvalue weighted by molar-refractivity contribution is 5.87. The Balaban J connectivity index is 3.42. The minimum Gasteiger partial charge on any atom is -0.477 e. The molecule has 0 aliphatic rings. The first-order valence-electron chi connectivity index (χ1n) is 4.16. The number of aromatic carboxylic acids is 1. The van der Waals surface area contributed by atoms with Crippen LogP contribution in [0.5, 0.6) is 0 Å². The third-order valence-corrected chi connectivity index (χ3v) is 1.92. The molecule has 1 aromatic heterocycles. The second kappa shape index (κ2) is 3.88. The van der Waals surface area contributed by atoms with Crippen LogP contribution in [0.4, 0.5) is 13.2 Å². The lowest BCUT2D eigenvalue weighted by Gasteiger charge is -2.12. The van der Waals surface area contributed by atoms with Gasteiger partial charge in [0.25, 0.3) is 0 Å². The summed E-state index contributed by atoms with van der Waals surface area (Å²) < 4.78 is 37.4. The molecular formula is C9H8F3NO2. The molecule has 6 heteroatoms. The van der Waals surface area contributed by atoms with Crippen molar-refractivity contribution >= 4 is 5.97 Å². The summed E-state index contributed by atoms with van der Waals surface area (Å²) in [7, 11) is 0. The molecule has 0 amide bonds. The monoisotopic (exact) mass is 219 g/mol. The highest BCUT2D eigenvalue weighted by Crippen LogP contribution is 2.32. The number of rotatable bonds is 2. The van der Waals surface area contributed by atoms with E-state index >= 15 is 0 Å². The zero-order valence-corrected chi connectivity index (χ0v) is 7.80. The van der Waals surface area contributed by atoms with Crippen molar-refractivity contribution in [1.82, 2.24) is 4.98 Å². The van der Waals surface area contributed by atoms with Crippen LogP contribution >= 0.6 is 0 Å². The largest absolute Gasteiger partial charge is 0.477 e. The minimum atomic E-state index is -4.54. The van der Waals surface area contributed by atoms with E-state index in [1.807, 2.05) is 0 Å². The first-order chi connectivity index (χ1) is 6.88. The first kappa shape index (κ1) is 11.5. The molecule has 15 heavy (non-hydrogen) atoms. The lowest BCUT2D eigenvalue weighted by molar-refractivity contribution is -0.138. The molecule has 82 valence electrons. The van der Waals surface area contributed by atoms with Crippen molar-refractivity contribution in [2.45, 2.75) is 19.5 Å². The van der Waals surface area contributed by atoms with Gasteiger partial charge in [0.05, 0.1) is 5.56 Å². The van der Waals surface area contributed by atoms with Gasteiger partial charge in [-0.15, -0.1) is 0 Å². The van der Waals surface area contributed by atoms with E-state index in [9.17, 15) is 18.0 Å². The Morgan fingerprint density at radius 1 is 1.53 bits per heavy atom. The molecule has 0 aromatic carbocycles. The van der Waals surface area contributed by atoms with Crippen molar-refractivity contribution in [3.8, 4) is 0 Å². The zero-order chi connectivity index (χ0) is 11.6. The standard InChI is InChI=1S/C9H8F3NO2/c1-2-5-6(9(10,11)12)3-4-13-7(5)8(14)15/h3-4H,2H2,1H3,(H,14,15). The van der Waals surface area contributed by atoms with Crippen LogP contribution in [-0.2, 0) is 12.6 Å². The van der Waals surface area contributed by atoms with Crippen LogP contribution in [0.25, 0.3) is 0 Å². The zero-order valence-electron chi connectivity index (χ0n) is 7.80. The number of alkyl halides is 3. The van der Waals surface area contributed by atoms with Gasteiger partial charge in [0, 0.05) is 6.20 Å². The fraction of sp³-hybridized carbons (Fsp3) is 0.333. The van der Waals surface area contributed by atoms with Crippen LogP contribution in [-0.4, -0.2) is 16.1 Å². The van der Waals surface area contributed by atoms with E-state index in [0.29, 0.717) is 0 Å². The molecule has 0 fully saturated rings. The molecule has 1 rings (SSSR count). The number of carbonyl (C=O) groups is 1. The Morgan fingerprint density at radius 2 is 2.13 bits per heavy atom. The van der Waals surface area contributed by atoms with Gasteiger partial charge in [0.2, 0.25) is 0 Å². The van der Waals surface area contributed by atoms with Crippen LogP contribution in [0.3, 0.4) is 0 Å². The molecule has 0 aliphatic carbocycles. The Hall–Kier alpha value is -1.59. The molecule has 0 spiro atoms. The summed E-state index contributed by atoms with van der Waals surface area (Å²) in [4.78, 5) is 14.1. The number of carboxylic acids is 1. The van der Waals surface area contributed by atoms with E-state index in [2.05, 4.69) is 4.98 Å². The molecule has 1 N–H and O–H groups in total. The van der Waals surface area contributed by atoms with Crippen LogP contribution < -0.4 is 0 Å². The highest BCUT2D eigenvalue weighted by atomic mass is 19.4. The van der Waals surface area contributed by atoms with E-state index in [1.165, 1.54) is 6.92 Å². The molecule has 0 unspecified atom stereocenters. The Bertz CT molecular complexity index is 387. The fourth-order valence-electron chi connectivity index (χ4n) is 1.30. The fourth-order valence-corrected chi connectivity index (χ4v) is 1.30. The number of hydrogen-bond donors (Lipinski definition) is 1. The van der Waals surface area contributed by atoms with Crippen LogP contribution in [0.1, 0.15) is 28.5 Å². The van der Waals surface area contributed by atoms with Gasteiger partial charge in [-0.2, -0.15) is 13.2 Å². The second-order valence-corrected chi connectivity index (χ2v) is 2.84. The quantitative estimate of drug-likeness (QED) is 0.830. The minimum absolute atomic E-state index is 0.0235. The topological polar surface area (TPSA) is 50.2 Å². The summed E-state index contributed by atoms with van der Waals surface area (Å²) in [6.07, 6.45) is -3.71. The number of nitrogens with zero attached hydrogens (tertiary/aromatic N) is 1. The van der Waals surface area contributed by atoms with Crippen LogP contribution in [0.15, 0.2) is 12.3 Å². The number of pyridine rings is 1. The average molecular weight is 219 g/mol. The predicted octanol–water partition coefficient (Wildman–Crippen LogP) is 2.36. The van der Waals surface area contributed by atoms with E-state index in [4.69, 9.17) is 5.11 Å². The maximum Gasteiger partial charge on any atom is 0.416 e. The number of aromatic nitrogens is 1. The molecule has 3 nitrogen and oxygen atoms in total. The van der Waals surface area contributed by atoms with Crippen molar-refractivity contribution in [1.29, 1.82) is 0 Å². The summed E-state index contributed by atoms with van der Waals surface area (Å²) >= 11 is 0. The van der Waals surface area contributed by atoms with Crippen molar-refractivity contribution in [2.24, 2.45) is 0 Å². The van der Waals surface area contributed by atoms with E-state index < -0.39 is 23.4 Å². The van der Waals surface area contributed by atoms with Crippen molar-refractivity contribution < 1.29 is 23.1 Å². The SMILES string of the molecule is CCc1c(C(F)(F)F)ccnc1C(=O)O. The molecule has 1 aromatic rings.